The molecule has 0 bridgehead atoms. The SMILES string of the molecule is COCCOCC(=O)N1CCCC(CCc2noc(-c3ccncc3)n2)C1. The third kappa shape index (κ3) is 5.83. The molecule has 27 heavy (non-hydrogen) atoms. The third-order valence-electron chi connectivity index (χ3n) is 4.70. The van der Waals surface area contributed by atoms with Crippen LogP contribution in [0.2, 0.25) is 0 Å². The van der Waals surface area contributed by atoms with E-state index in [1.807, 2.05) is 17.0 Å². The van der Waals surface area contributed by atoms with Gasteiger partial charge < -0.3 is 18.9 Å². The Balaban J connectivity index is 1.44. The predicted molar refractivity (Wildman–Crippen MR) is 97.8 cm³/mol. The highest BCUT2D eigenvalue weighted by atomic mass is 16.5. The van der Waals surface area contributed by atoms with Gasteiger partial charge in [0.15, 0.2) is 5.82 Å². The number of aryl methyl sites for hydroxylation is 1. The number of rotatable bonds is 9. The maximum Gasteiger partial charge on any atom is 0.258 e. The van der Waals surface area contributed by atoms with E-state index in [-0.39, 0.29) is 12.5 Å². The van der Waals surface area contributed by atoms with Crippen LogP contribution in [-0.4, -0.2) is 66.0 Å². The number of ether oxygens (including phenoxy) is 2. The molecular formula is C19H26N4O4. The fraction of sp³-hybridized carbons (Fsp3) is 0.579. The first-order chi connectivity index (χ1) is 13.3. The van der Waals surface area contributed by atoms with Gasteiger partial charge in [0.05, 0.1) is 13.2 Å². The zero-order valence-electron chi connectivity index (χ0n) is 15.7. The minimum atomic E-state index is 0.0512. The van der Waals surface area contributed by atoms with E-state index in [4.69, 9.17) is 14.0 Å². The highest BCUT2D eigenvalue weighted by Gasteiger charge is 2.24. The monoisotopic (exact) mass is 374 g/mol. The standard InChI is InChI=1S/C19H26N4O4/c1-25-11-12-26-14-18(24)23-10-2-3-15(13-23)4-5-17-21-19(27-22-17)16-6-8-20-9-7-16/h6-9,15H,2-5,10-14H2,1H3. The summed E-state index contributed by atoms with van der Waals surface area (Å²) in [5, 5.41) is 4.07. The van der Waals surface area contributed by atoms with Crippen molar-refractivity contribution in [1.29, 1.82) is 0 Å². The number of likely N-dealkylation sites (tertiary alicyclic amines) is 1. The zero-order chi connectivity index (χ0) is 18.9. The highest BCUT2D eigenvalue weighted by molar-refractivity contribution is 5.77. The summed E-state index contributed by atoms with van der Waals surface area (Å²) in [6.07, 6.45) is 7.21. The number of carbonyl (C=O) groups is 1. The van der Waals surface area contributed by atoms with Crippen molar-refractivity contribution in [2.24, 2.45) is 5.92 Å². The van der Waals surface area contributed by atoms with Crippen molar-refractivity contribution >= 4 is 5.91 Å². The lowest BCUT2D eigenvalue weighted by Gasteiger charge is -2.32. The number of amides is 1. The lowest BCUT2D eigenvalue weighted by Crippen LogP contribution is -2.42. The average molecular weight is 374 g/mol. The minimum Gasteiger partial charge on any atom is -0.382 e. The largest absolute Gasteiger partial charge is 0.382 e. The fourth-order valence-corrected chi connectivity index (χ4v) is 3.22. The first-order valence-corrected chi connectivity index (χ1v) is 9.33. The van der Waals surface area contributed by atoms with Crippen molar-refractivity contribution < 1.29 is 18.8 Å². The molecule has 8 heteroatoms. The van der Waals surface area contributed by atoms with Gasteiger partial charge in [-0.25, -0.2) is 0 Å². The van der Waals surface area contributed by atoms with Gasteiger partial charge in [0.2, 0.25) is 5.91 Å². The normalized spacial score (nSPS) is 17.2. The van der Waals surface area contributed by atoms with Gasteiger partial charge in [-0.05, 0) is 37.3 Å². The van der Waals surface area contributed by atoms with Crippen LogP contribution in [0.4, 0.5) is 0 Å². The van der Waals surface area contributed by atoms with Crippen LogP contribution in [0.15, 0.2) is 29.0 Å². The summed E-state index contributed by atoms with van der Waals surface area (Å²) in [4.78, 5) is 22.6. The lowest BCUT2D eigenvalue weighted by atomic mass is 9.93. The number of pyridine rings is 1. The van der Waals surface area contributed by atoms with Crippen LogP contribution in [-0.2, 0) is 20.7 Å². The number of hydrogen-bond donors (Lipinski definition) is 0. The summed E-state index contributed by atoms with van der Waals surface area (Å²) in [6, 6.07) is 3.69. The molecule has 146 valence electrons. The molecule has 1 saturated heterocycles. The number of methoxy groups -OCH3 is 1. The summed E-state index contributed by atoms with van der Waals surface area (Å²) >= 11 is 0. The molecule has 2 aromatic rings. The van der Waals surface area contributed by atoms with E-state index in [9.17, 15) is 4.79 Å². The molecule has 0 saturated carbocycles. The second-order valence-electron chi connectivity index (χ2n) is 6.68. The maximum absolute atomic E-state index is 12.3. The minimum absolute atomic E-state index is 0.0512. The molecule has 0 aromatic carbocycles. The molecule has 0 aliphatic carbocycles. The summed E-state index contributed by atoms with van der Waals surface area (Å²) in [5.74, 6) is 1.72. The molecule has 3 heterocycles. The average Bonchev–Trinajstić information content (AvgIpc) is 3.19. The molecule has 2 aromatic heterocycles. The first kappa shape index (κ1) is 19.4. The van der Waals surface area contributed by atoms with Crippen LogP contribution in [0.3, 0.4) is 0 Å². The number of carbonyl (C=O) groups excluding carboxylic acids is 1. The van der Waals surface area contributed by atoms with E-state index in [0.717, 1.165) is 44.3 Å². The number of aromatic nitrogens is 3. The Morgan fingerprint density at radius 1 is 1.33 bits per heavy atom. The smallest absolute Gasteiger partial charge is 0.258 e. The number of hydrogen-bond acceptors (Lipinski definition) is 7. The Labute approximate surface area is 158 Å². The number of piperidine rings is 1. The molecule has 1 aliphatic rings. The van der Waals surface area contributed by atoms with Crippen LogP contribution in [0.25, 0.3) is 11.5 Å². The molecule has 1 aliphatic heterocycles. The van der Waals surface area contributed by atoms with Crippen molar-refractivity contribution in [2.45, 2.75) is 25.7 Å². The van der Waals surface area contributed by atoms with E-state index in [1.54, 1.807) is 19.5 Å². The molecule has 8 nitrogen and oxygen atoms in total. The second-order valence-corrected chi connectivity index (χ2v) is 6.68. The Morgan fingerprint density at radius 2 is 2.19 bits per heavy atom. The van der Waals surface area contributed by atoms with Crippen molar-refractivity contribution in [3.63, 3.8) is 0 Å². The Kier molecular flexibility index (Phi) is 7.29. The highest BCUT2D eigenvalue weighted by Crippen LogP contribution is 2.22. The van der Waals surface area contributed by atoms with E-state index in [0.29, 0.717) is 30.8 Å². The maximum atomic E-state index is 12.3. The quantitative estimate of drug-likeness (QED) is 0.620. The van der Waals surface area contributed by atoms with Gasteiger partial charge in [0.1, 0.15) is 6.61 Å². The molecule has 1 amide bonds. The van der Waals surface area contributed by atoms with Crippen molar-refractivity contribution in [2.75, 3.05) is 40.0 Å². The van der Waals surface area contributed by atoms with E-state index in [1.165, 1.54) is 0 Å². The van der Waals surface area contributed by atoms with Crippen LogP contribution in [0, 0.1) is 5.92 Å². The van der Waals surface area contributed by atoms with Gasteiger partial charge in [0.25, 0.3) is 5.89 Å². The number of nitrogens with zero attached hydrogens (tertiary/aromatic N) is 4. The van der Waals surface area contributed by atoms with Crippen molar-refractivity contribution in [3.8, 4) is 11.5 Å². The molecular weight excluding hydrogens is 348 g/mol. The summed E-state index contributed by atoms with van der Waals surface area (Å²) in [5.41, 5.74) is 0.867. The van der Waals surface area contributed by atoms with Gasteiger partial charge >= 0.3 is 0 Å². The van der Waals surface area contributed by atoms with Gasteiger partial charge in [-0.1, -0.05) is 5.16 Å². The van der Waals surface area contributed by atoms with Gasteiger partial charge in [-0.15, -0.1) is 0 Å². The van der Waals surface area contributed by atoms with Crippen molar-refractivity contribution in [3.05, 3.63) is 30.4 Å². The molecule has 3 rings (SSSR count). The summed E-state index contributed by atoms with van der Waals surface area (Å²) in [7, 11) is 1.62. The fourth-order valence-electron chi connectivity index (χ4n) is 3.22. The van der Waals surface area contributed by atoms with E-state index in [2.05, 4.69) is 15.1 Å². The van der Waals surface area contributed by atoms with Gasteiger partial charge in [-0.2, -0.15) is 4.98 Å². The molecule has 1 fully saturated rings. The predicted octanol–water partition coefficient (Wildman–Crippen LogP) is 1.97. The van der Waals surface area contributed by atoms with Gasteiger partial charge in [-0.3, -0.25) is 9.78 Å². The molecule has 0 radical (unpaired) electrons. The molecule has 1 atom stereocenters. The molecule has 1 unspecified atom stereocenters. The van der Waals surface area contributed by atoms with Crippen LogP contribution in [0.5, 0.6) is 0 Å². The topological polar surface area (TPSA) is 90.6 Å². The summed E-state index contributed by atoms with van der Waals surface area (Å²) in [6.45, 7) is 2.63. The van der Waals surface area contributed by atoms with Crippen LogP contribution in [0.1, 0.15) is 25.1 Å². The molecule has 0 spiro atoms. The Hall–Kier alpha value is -2.32. The second kappa shape index (κ2) is 10.1. The Bertz CT molecular complexity index is 707. The van der Waals surface area contributed by atoms with Crippen LogP contribution < -0.4 is 0 Å². The van der Waals surface area contributed by atoms with Crippen LogP contribution >= 0.6 is 0 Å². The summed E-state index contributed by atoms with van der Waals surface area (Å²) < 4.78 is 15.6. The Morgan fingerprint density at radius 3 is 3.00 bits per heavy atom. The molecule has 0 N–H and O–H groups in total. The van der Waals surface area contributed by atoms with E-state index >= 15 is 0 Å². The van der Waals surface area contributed by atoms with Gasteiger partial charge in [0, 0.05) is 44.6 Å². The zero-order valence-corrected chi connectivity index (χ0v) is 15.7. The van der Waals surface area contributed by atoms with E-state index < -0.39 is 0 Å². The lowest BCUT2D eigenvalue weighted by molar-refractivity contribution is -0.138. The van der Waals surface area contributed by atoms with Crippen molar-refractivity contribution in [1.82, 2.24) is 20.0 Å². The third-order valence-corrected chi connectivity index (χ3v) is 4.70. The first-order valence-electron chi connectivity index (χ1n) is 9.33.